The van der Waals surface area contributed by atoms with Crippen LogP contribution in [0.4, 0.5) is 10.1 Å². The van der Waals surface area contributed by atoms with Crippen molar-refractivity contribution >= 4 is 16.7 Å². The summed E-state index contributed by atoms with van der Waals surface area (Å²) in [6.07, 6.45) is 0. The summed E-state index contributed by atoms with van der Waals surface area (Å²) in [6.45, 7) is 7.58. The van der Waals surface area contributed by atoms with Crippen LogP contribution >= 0.6 is 0 Å². The van der Waals surface area contributed by atoms with Crippen LogP contribution in [0.15, 0.2) is 65.5 Å². The van der Waals surface area contributed by atoms with Crippen molar-refractivity contribution in [1.82, 2.24) is 19.4 Å². The lowest BCUT2D eigenvalue weighted by Gasteiger charge is -2.48. The number of anilines is 1. The van der Waals surface area contributed by atoms with Crippen molar-refractivity contribution in [2.75, 3.05) is 18.0 Å². The quantitative estimate of drug-likeness (QED) is 0.391. The minimum Gasteiger partial charge on any atom is -0.364 e. The number of hydrogen-bond acceptors (Lipinski definition) is 6. The number of rotatable bonds is 4. The van der Waals surface area contributed by atoms with Gasteiger partial charge in [0.05, 0.1) is 22.9 Å². The van der Waals surface area contributed by atoms with E-state index < -0.39 is 5.95 Å². The number of halogens is 1. The van der Waals surface area contributed by atoms with Gasteiger partial charge in [-0.25, -0.2) is 9.97 Å². The van der Waals surface area contributed by atoms with E-state index in [0.717, 1.165) is 16.8 Å². The first-order chi connectivity index (χ1) is 17.8. The molecule has 0 N–H and O–H groups in total. The highest BCUT2D eigenvalue weighted by Crippen LogP contribution is 2.35. The molecular formula is C29H29FN6O. The second-order valence-electron chi connectivity index (χ2n) is 9.85. The van der Waals surface area contributed by atoms with Gasteiger partial charge >= 0.3 is 0 Å². The van der Waals surface area contributed by atoms with Gasteiger partial charge in [-0.2, -0.15) is 9.65 Å². The molecule has 0 radical (unpaired) electrons. The molecule has 4 heterocycles. The lowest BCUT2D eigenvalue weighted by molar-refractivity contribution is 0.127. The molecule has 0 bridgehead atoms. The number of fused-ring (bicyclic) bond motifs is 1. The van der Waals surface area contributed by atoms with E-state index in [4.69, 9.17) is 0 Å². The van der Waals surface area contributed by atoms with Crippen LogP contribution in [0.2, 0.25) is 0 Å². The molecule has 3 atom stereocenters. The van der Waals surface area contributed by atoms with E-state index in [0.29, 0.717) is 35.5 Å². The standard InChI is InChI=1S/C29H29FN6O/c1-18-8-10-21(11-9-18)29(23-6-5-7-26(30)33-23)36-17-19(2)35(16-20(36)3)25-14-27(37)34(4)24-13-12-22(15-31)32-28(24)25/h5-14,19-20,29H,16-17H2,1-4H3/t19-,20+,29?/m0/s1. The highest BCUT2D eigenvalue weighted by atomic mass is 19.1. The molecule has 1 aliphatic rings. The molecule has 1 saturated heterocycles. The zero-order chi connectivity index (χ0) is 26.3. The molecule has 8 heteroatoms. The highest BCUT2D eigenvalue weighted by molar-refractivity contribution is 5.89. The Labute approximate surface area is 215 Å². The third-order valence-electron chi connectivity index (χ3n) is 7.27. The topological polar surface area (TPSA) is 78.0 Å². The Hall–Kier alpha value is -4.09. The number of aromatic nitrogens is 3. The van der Waals surface area contributed by atoms with Gasteiger partial charge < -0.3 is 9.47 Å². The molecule has 5 rings (SSSR count). The summed E-state index contributed by atoms with van der Waals surface area (Å²) in [5.74, 6) is -0.500. The van der Waals surface area contributed by atoms with Crippen molar-refractivity contribution in [3.8, 4) is 6.07 Å². The lowest BCUT2D eigenvalue weighted by atomic mass is 9.95. The fourth-order valence-electron chi connectivity index (χ4n) is 5.30. The molecule has 37 heavy (non-hydrogen) atoms. The van der Waals surface area contributed by atoms with Crippen LogP contribution < -0.4 is 10.5 Å². The molecule has 0 spiro atoms. The van der Waals surface area contributed by atoms with Gasteiger partial charge in [0.1, 0.15) is 17.3 Å². The maximum atomic E-state index is 14.2. The second-order valence-corrected chi connectivity index (χ2v) is 9.85. The molecule has 7 nitrogen and oxygen atoms in total. The van der Waals surface area contributed by atoms with Gasteiger partial charge in [-0.1, -0.05) is 35.9 Å². The van der Waals surface area contributed by atoms with E-state index >= 15 is 0 Å². The summed E-state index contributed by atoms with van der Waals surface area (Å²) in [7, 11) is 1.71. The van der Waals surface area contributed by atoms with Crippen LogP contribution in [0.1, 0.15) is 42.4 Å². The molecular weight excluding hydrogens is 467 g/mol. The minimum absolute atomic E-state index is 0.0144. The van der Waals surface area contributed by atoms with Crippen molar-refractivity contribution in [2.45, 2.75) is 38.9 Å². The van der Waals surface area contributed by atoms with Crippen molar-refractivity contribution < 1.29 is 4.39 Å². The molecule has 0 saturated carbocycles. The predicted molar refractivity (Wildman–Crippen MR) is 142 cm³/mol. The molecule has 1 unspecified atom stereocenters. The van der Waals surface area contributed by atoms with E-state index in [-0.39, 0.29) is 23.7 Å². The maximum absolute atomic E-state index is 14.2. The Morgan fingerprint density at radius 3 is 2.49 bits per heavy atom. The van der Waals surface area contributed by atoms with Gasteiger partial charge in [0.25, 0.3) is 5.56 Å². The molecule has 1 aromatic carbocycles. The molecule has 1 fully saturated rings. The number of nitriles is 1. The summed E-state index contributed by atoms with van der Waals surface area (Å²) < 4.78 is 15.8. The van der Waals surface area contributed by atoms with Gasteiger partial charge in [-0.05, 0) is 50.6 Å². The smallest absolute Gasteiger partial charge is 0.252 e. The van der Waals surface area contributed by atoms with Crippen LogP contribution in [0.3, 0.4) is 0 Å². The second kappa shape index (κ2) is 9.75. The Morgan fingerprint density at radius 1 is 1.03 bits per heavy atom. The Morgan fingerprint density at radius 2 is 1.78 bits per heavy atom. The van der Waals surface area contributed by atoms with E-state index in [1.807, 2.05) is 13.0 Å². The minimum atomic E-state index is -0.500. The highest BCUT2D eigenvalue weighted by Gasteiger charge is 2.36. The number of nitrogens with zero attached hydrogens (tertiary/aromatic N) is 6. The summed E-state index contributed by atoms with van der Waals surface area (Å²) in [5, 5.41) is 9.43. The molecule has 188 valence electrons. The Balaban J connectivity index is 1.56. The number of benzene rings is 1. The first-order valence-corrected chi connectivity index (χ1v) is 12.4. The van der Waals surface area contributed by atoms with E-state index in [1.165, 1.54) is 6.07 Å². The molecule has 1 aliphatic heterocycles. The summed E-state index contributed by atoms with van der Waals surface area (Å²) >= 11 is 0. The molecule has 3 aromatic heterocycles. The van der Waals surface area contributed by atoms with Crippen LogP contribution in [-0.4, -0.2) is 44.6 Å². The molecule has 0 aliphatic carbocycles. The van der Waals surface area contributed by atoms with E-state index in [1.54, 1.807) is 35.9 Å². The van der Waals surface area contributed by atoms with Crippen LogP contribution in [0.5, 0.6) is 0 Å². The largest absolute Gasteiger partial charge is 0.364 e. The monoisotopic (exact) mass is 496 g/mol. The summed E-state index contributed by atoms with van der Waals surface area (Å²) in [5.41, 5.74) is 5.10. The summed E-state index contributed by atoms with van der Waals surface area (Å²) in [6, 6.07) is 20.2. The zero-order valence-corrected chi connectivity index (χ0v) is 21.4. The number of pyridine rings is 3. The van der Waals surface area contributed by atoms with Gasteiger partial charge in [0, 0.05) is 38.3 Å². The van der Waals surface area contributed by atoms with Crippen LogP contribution in [0, 0.1) is 24.2 Å². The lowest BCUT2D eigenvalue weighted by Crippen LogP contribution is -2.57. The van der Waals surface area contributed by atoms with Crippen LogP contribution in [0.25, 0.3) is 11.0 Å². The fourth-order valence-corrected chi connectivity index (χ4v) is 5.30. The van der Waals surface area contributed by atoms with E-state index in [9.17, 15) is 14.4 Å². The average molecular weight is 497 g/mol. The van der Waals surface area contributed by atoms with Gasteiger partial charge in [0.2, 0.25) is 5.95 Å². The first kappa shape index (κ1) is 24.6. The number of piperazine rings is 1. The maximum Gasteiger partial charge on any atom is 0.252 e. The summed E-state index contributed by atoms with van der Waals surface area (Å²) in [4.78, 5) is 26.2. The third kappa shape index (κ3) is 4.58. The number of hydrogen-bond donors (Lipinski definition) is 0. The van der Waals surface area contributed by atoms with Crippen molar-refractivity contribution in [3.05, 3.63) is 99.5 Å². The fraction of sp³-hybridized carbons (Fsp3) is 0.310. The number of aryl methyl sites for hydroxylation is 2. The van der Waals surface area contributed by atoms with Crippen molar-refractivity contribution in [1.29, 1.82) is 5.26 Å². The zero-order valence-electron chi connectivity index (χ0n) is 21.4. The van der Waals surface area contributed by atoms with E-state index in [2.05, 4.69) is 63.9 Å². The van der Waals surface area contributed by atoms with Crippen molar-refractivity contribution in [2.24, 2.45) is 7.05 Å². The average Bonchev–Trinajstić information content (AvgIpc) is 2.89. The van der Waals surface area contributed by atoms with Crippen molar-refractivity contribution in [3.63, 3.8) is 0 Å². The Bertz CT molecular complexity index is 1560. The molecule has 4 aromatic rings. The Kier molecular flexibility index (Phi) is 6.48. The predicted octanol–water partition coefficient (Wildman–Crippen LogP) is 4.34. The normalized spacial score (nSPS) is 19.1. The third-order valence-corrected chi connectivity index (χ3v) is 7.27. The van der Waals surface area contributed by atoms with Gasteiger partial charge in [0.15, 0.2) is 0 Å². The van der Waals surface area contributed by atoms with Gasteiger partial charge in [-0.3, -0.25) is 9.69 Å². The van der Waals surface area contributed by atoms with Gasteiger partial charge in [-0.15, -0.1) is 0 Å². The van der Waals surface area contributed by atoms with Crippen LogP contribution in [-0.2, 0) is 7.05 Å². The SMILES string of the molecule is Cc1ccc(C(c2cccc(F)n2)N2C[C@H](C)N(c3cc(=O)n(C)c4ccc(C#N)nc34)C[C@H]2C)cc1. The molecule has 0 amide bonds. The first-order valence-electron chi connectivity index (χ1n) is 12.4.